The summed E-state index contributed by atoms with van der Waals surface area (Å²) in [4.78, 5) is 10.8. The van der Waals surface area contributed by atoms with Crippen LogP contribution in [0.2, 0.25) is 0 Å². The molecule has 0 rings (SSSR count). The second kappa shape index (κ2) is 6.81. The van der Waals surface area contributed by atoms with Gasteiger partial charge >= 0.3 is 18.0 Å². The Morgan fingerprint density at radius 1 is 1.00 bits per heavy atom. The van der Waals surface area contributed by atoms with Gasteiger partial charge in [0, 0.05) is 18.6 Å². The molecule has 0 aromatic carbocycles. The Morgan fingerprint density at radius 2 is 1.53 bits per heavy atom. The standard InChI is InChI=1S/C10H13F7OS/c1-2-7(18)19-6-4-3-5-8(11,12)9(13,14)10(15,16)17/h2-6H2,1H3. The summed E-state index contributed by atoms with van der Waals surface area (Å²) in [5.74, 6) is -11.0. The van der Waals surface area contributed by atoms with Crippen LogP contribution in [0.1, 0.15) is 32.6 Å². The average molecular weight is 314 g/mol. The summed E-state index contributed by atoms with van der Waals surface area (Å²) in [6.07, 6.45) is -8.14. The minimum atomic E-state index is -6.27. The second-order valence-electron chi connectivity index (χ2n) is 3.81. The third kappa shape index (κ3) is 5.19. The first kappa shape index (κ1) is 18.5. The largest absolute Gasteiger partial charge is 0.459 e. The highest BCUT2D eigenvalue weighted by Gasteiger charge is 2.72. The molecule has 0 amide bonds. The van der Waals surface area contributed by atoms with E-state index in [0.29, 0.717) is 0 Å². The fourth-order valence-corrected chi connectivity index (χ4v) is 1.88. The average Bonchev–Trinajstić information content (AvgIpc) is 2.26. The van der Waals surface area contributed by atoms with Gasteiger partial charge in [-0.2, -0.15) is 30.7 Å². The van der Waals surface area contributed by atoms with Crippen LogP contribution in [0.3, 0.4) is 0 Å². The molecule has 0 heterocycles. The molecule has 0 unspecified atom stereocenters. The first-order valence-electron chi connectivity index (χ1n) is 5.43. The van der Waals surface area contributed by atoms with Crippen LogP contribution in [-0.2, 0) is 4.79 Å². The monoisotopic (exact) mass is 314 g/mol. The van der Waals surface area contributed by atoms with Gasteiger partial charge in [-0.1, -0.05) is 18.7 Å². The SMILES string of the molecule is CCC(=O)SCCCCC(F)(F)C(F)(F)C(F)(F)F. The molecule has 19 heavy (non-hydrogen) atoms. The molecule has 0 bridgehead atoms. The maximum absolute atomic E-state index is 12.8. The van der Waals surface area contributed by atoms with Crippen molar-refractivity contribution in [3.63, 3.8) is 0 Å². The summed E-state index contributed by atoms with van der Waals surface area (Å²) in [6.45, 7) is 1.59. The summed E-state index contributed by atoms with van der Waals surface area (Å²) in [7, 11) is 0. The fraction of sp³-hybridized carbons (Fsp3) is 0.900. The van der Waals surface area contributed by atoms with E-state index in [-0.39, 0.29) is 23.7 Å². The van der Waals surface area contributed by atoms with Gasteiger partial charge < -0.3 is 0 Å². The summed E-state index contributed by atoms with van der Waals surface area (Å²) >= 11 is 0.847. The molecule has 0 N–H and O–H groups in total. The molecule has 0 radical (unpaired) electrons. The zero-order valence-electron chi connectivity index (χ0n) is 10.00. The van der Waals surface area contributed by atoms with Gasteiger partial charge in [0.15, 0.2) is 5.12 Å². The minimum Gasteiger partial charge on any atom is -0.287 e. The first-order valence-corrected chi connectivity index (χ1v) is 6.42. The van der Waals surface area contributed by atoms with Gasteiger partial charge in [0.1, 0.15) is 0 Å². The highest BCUT2D eigenvalue weighted by atomic mass is 32.2. The number of unbranched alkanes of at least 4 members (excludes halogenated alkanes) is 1. The van der Waals surface area contributed by atoms with Crippen LogP contribution in [0.4, 0.5) is 30.7 Å². The van der Waals surface area contributed by atoms with Crippen molar-refractivity contribution in [3.05, 3.63) is 0 Å². The Bertz CT molecular complexity index is 301. The molecule has 0 saturated heterocycles. The number of carbonyl (C=O) groups is 1. The maximum Gasteiger partial charge on any atom is 0.459 e. The van der Waals surface area contributed by atoms with E-state index >= 15 is 0 Å². The van der Waals surface area contributed by atoms with E-state index in [1.807, 2.05) is 0 Å². The molecule has 0 fully saturated rings. The molecule has 1 nitrogen and oxygen atoms in total. The third-order valence-electron chi connectivity index (χ3n) is 2.25. The van der Waals surface area contributed by atoms with Gasteiger partial charge in [-0.15, -0.1) is 0 Å². The number of carbonyl (C=O) groups excluding carboxylic acids is 1. The van der Waals surface area contributed by atoms with Crippen molar-refractivity contribution in [1.82, 2.24) is 0 Å². The summed E-state index contributed by atoms with van der Waals surface area (Å²) < 4.78 is 85.9. The first-order chi connectivity index (χ1) is 8.45. The van der Waals surface area contributed by atoms with E-state index in [1.54, 1.807) is 6.92 Å². The fourth-order valence-electron chi connectivity index (χ4n) is 1.10. The van der Waals surface area contributed by atoms with Crippen molar-refractivity contribution in [1.29, 1.82) is 0 Å². The molecule has 114 valence electrons. The van der Waals surface area contributed by atoms with E-state index in [4.69, 9.17) is 0 Å². The van der Waals surface area contributed by atoms with E-state index in [1.165, 1.54) is 0 Å². The smallest absolute Gasteiger partial charge is 0.287 e. The van der Waals surface area contributed by atoms with Gasteiger partial charge in [0.2, 0.25) is 0 Å². The van der Waals surface area contributed by atoms with Crippen LogP contribution in [-0.4, -0.2) is 28.9 Å². The van der Waals surface area contributed by atoms with E-state index in [9.17, 15) is 35.5 Å². The zero-order chi connectivity index (χ0) is 15.3. The quantitative estimate of drug-likeness (QED) is 0.502. The Labute approximate surface area is 109 Å². The molecule has 0 aliphatic carbocycles. The maximum atomic E-state index is 12.8. The Hall–Kier alpha value is -0.470. The number of rotatable bonds is 7. The third-order valence-corrected chi connectivity index (χ3v) is 3.36. The van der Waals surface area contributed by atoms with Crippen molar-refractivity contribution in [2.75, 3.05) is 5.75 Å². The van der Waals surface area contributed by atoms with Gasteiger partial charge in [0.25, 0.3) is 0 Å². The minimum absolute atomic E-state index is 0.0278. The van der Waals surface area contributed by atoms with E-state index < -0.39 is 30.9 Å². The molecule has 0 aliphatic heterocycles. The van der Waals surface area contributed by atoms with Crippen LogP contribution in [0.25, 0.3) is 0 Å². The Morgan fingerprint density at radius 3 is 1.95 bits per heavy atom. The number of hydrogen-bond donors (Lipinski definition) is 0. The van der Waals surface area contributed by atoms with Gasteiger partial charge in [-0.3, -0.25) is 4.79 Å². The van der Waals surface area contributed by atoms with Gasteiger partial charge in [-0.25, -0.2) is 0 Å². The van der Waals surface area contributed by atoms with Crippen LogP contribution in [0, 0.1) is 0 Å². The van der Waals surface area contributed by atoms with Crippen molar-refractivity contribution in [3.8, 4) is 0 Å². The lowest BCUT2D eigenvalue weighted by Gasteiger charge is -2.28. The lowest BCUT2D eigenvalue weighted by molar-refractivity contribution is -0.355. The number of hydrogen-bond acceptors (Lipinski definition) is 2. The molecule has 0 aromatic rings. The van der Waals surface area contributed by atoms with Gasteiger partial charge in [0.05, 0.1) is 0 Å². The normalized spacial score (nSPS) is 13.7. The van der Waals surface area contributed by atoms with Crippen LogP contribution >= 0.6 is 11.8 Å². The topological polar surface area (TPSA) is 17.1 Å². The summed E-state index contributed by atoms with van der Waals surface area (Å²) in [5, 5.41) is -0.188. The van der Waals surface area contributed by atoms with Crippen molar-refractivity contribution in [2.24, 2.45) is 0 Å². The number of thioether (sulfide) groups is 1. The summed E-state index contributed by atoms with van der Waals surface area (Å²) in [6, 6.07) is 0. The van der Waals surface area contributed by atoms with Crippen LogP contribution in [0.15, 0.2) is 0 Å². The molecule has 0 aliphatic rings. The van der Waals surface area contributed by atoms with Crippen molar-refractivity contribution in [2.45, 2.75) is 50.6 Å². The van der Waals surface area contributed by atoms with Crippen LogP contribution < -0.4 is 0 Å². The molecule has 0 spiro atoms. The molecule has 9 heteroatoms. The molecular weight excluding hydrogens is 301 g/mol. The summed E-state index contributed by atoms with van der Waals surface area (Å²) in [5.41, 5.74) is 0. The molecule has 0 atom stereocenters. The van der Waals surface area contributed by atoms with Crippen molar-refractivity contribution < 1.29 is 35.5 Å². The second-order valence-corrected chi connectivity index (χ2v) is 4.96. The van der Waals surface area contributed by atoms with Crippen molar-refractivity contribution >= 4 is 16.9 Å². The predicted molar refractivity (Wildman–Crippen MR) is 57.6 cm³/mol. The van der Waals surface area contributed by atoms with Crippen LogP contribution in [0.5, 0.6) is 0 Å². The Balaban J connectivity index is 4.21. The van der Waals surface area contributed by atoms with E-state index in [2.05, 4.69) is 0 Å². The lowest BCUT2D eigenvalue weighted by atomic mass is 10.0. The zero-order valence-corrected chi connectivity index (χ0v) is 10.8. The Kier molecular flexibility index (Phi) is 6.64. The molecular formula is C10H13F7OS. The van der Waals surface area contributed by atoms with Gasteiger partial charge in [-0.05, 0) is 12.8 Å². The lowest BCUT2D eigenvalue weighted by Crippen LogP contribution is -2.51. The molecule has 0 saturated carbocycles. The number of halogens is 7. The highest BCUT2D eigenvalue weighted by molar-refractivity contribution is 8.13. The highest BCUT2D eigenvalue weighted by Crippen LogP contribution is 2.48. The predicted octanol–water partition coefficient (Wildman–Crippen LogP) is 4.66. The molecule has 0 aromatic heterocycles. The van der Waals surface area contributed by atoms with E-state index in [0.717, 1.165) is 11.8 Å². The number of alkyl halides is 7.